The lowest BCUT2D eigenvalue weighted by molar-refractivity contribution is 0.668. The van der Waals surface area contributed by atoms with Crippen molar-refractivity contribution in [1.29, 1.82) is 0 Å². The third-order valence-corrected chi connectivity index (χ3v) is 11.3. The summed E-state index contributed by atoms with van der Waals surface area (Å²) in [6.45, 7) is 0. The molecule has 56 heavy (non-hydrogen) atoms. The lowest BCUT2D eigenvalue weighted by Crippen LogP contribution is -1.92. The highest BCUT2D eigenvalue weighted by atomic mass is 16.3. The lowest BCUT2D eigenvalue weighted by Gasteiger charge is -2.19. The normalized spacial score (nSPS) is 11.9. The van der Waals surface area contributed by atoms with Crippen LogP contribution < -0.4 is 0 Å². The fraction of sp³-hybridized carbons (Fsp3) is 0. The Hall–Kier alpha value is -7.56. The number of nitrogens with zero attached hydrogens (tertiary/aromatic N) is 2. The number of hydrogen-bond donors (Lipinski definition) is 0. The zero-order chi connectivity index (χ0) is 36.7. The van der Waals surface area contributed by atoms with Crippen LogP contribution in [0.2, 0.25) is 0 Å². The summed E-state index contributed by atoms with van der Waals surface area (Å²) in [7, 11) is 0. The summed E-state index contributed by atoms with van der Waals surface area (Å²) in [5, 5.41) is 10.2. The zero-order valence-corrected chi connectivity index (χ0v) is 30.0. The number of aromatic nitrogens is 2. The Labute approximate surface area is 320 Å². The predicted molar refractivity (Wildman–Crippen MR) is 231 cm³/mol. The van der Waals surface area contributed by atoms with Crippen molar-refractivity contribution in [2.75, 3.05) is 0 Å². The molecule has 0 saturated heterocycles. The number of rotatable bonds is 4. The van der Waals surface area contributed by atoms with Gasteiger partial charge in [-0.1, -0.05) is 109 Å². The second-order valence-electron chi connectivity index (χ2n) is 14.5. The first-order valence-electron chi connectivity index (χ1n) is 18.9. The second kappa shape index (κ2) is 12.0. The van der Waals surface area contributed by atoms with Gasteiger partial charge in [-0.25, -0.2) is 0 Å². The number of benzene rings is 8. The Morgan fingerprint density at radius 1 is 0.304 bits per heavy atom. The molecule has 0 unspecified atom stereocenters. The first-order chi connectivity index (χ1) is 27.7. The Morgan fingerprint density at radius 3 is 1.46 bits per heavy atom. The molecule has 4 nitrogen and oxygen atoms in total. The molecule has 4 aromatic heterocycles. The van der Waals surface area contributed by atoms with E-state index in [1.807, 2.05) is 54.9 Å². The van der Waals surface area contributed by atoms with Gasteiger partial charge in [0.2, 0.25) is 0 Å². The van der Waals surface area contributed by atoms with Crippen LogP contribution in [0.5, 0.6) is 0 Å². The van der Waals surface area contributed by atoms with Gasteiger partial charge in [0.15, 0.2) is 0 Å². The van der Waals surface area contributed by atoms with Gasteiger partial charge in [-0.2, -0.15) is 0 Å². The Bertz CT molecular complexity index is 3540. The molecule has 12 rings (SSSR count). The topological polar surface area (TPSA) is 52.1 Å². The van der Waals surface area contributed by atoms with E-state index in [4.69, 9.17) is 13.8 Å². The largest absolute Gasteiger partial charge is 0.456 e. The van der Waals surface area contributed by atoms with Crippen molar-refractivity contribution in [2.24, 2.45) is 0 Å². The number of hydrogen-bond acceptors (Lipinski definition) is 4. The van der Waals surface area contributed by atoms with Crippen LogP contribution in [0.3, 0.4) is 0 Å². The van der Waals surface area contributed by atoms with E-state index in [2.05, 4.69) is 132 Å². The highest BCUT2D eigenvalue weighted by Crippen LogP contribution is 2.46. The monoisotopic (exact) mass is 714 g/mol. The first kappa shape index (κ1) is 30.9. The molecule has 0 bridgehead atoms. The van der Waals surface area contributed by atoms with Crippen molar-refractivity contribution in [2.45, 2.75) is 0 Å². The van der Waals surface area contributed by atoms with Crippen LogP contribution in [-0.2, 0) is 0 Å². The van der Waals surface area contributed by atoms with E-state index in [9.17, 15) is 0 Å². The molecule has 4 heterocycles. The smallest absolute Gasteiger partial charge is 0.136 e. The van der Waals surface area contributed by atoms with Crippen molar-refractivity contribution in [1.82, 2.24) is 9.97 Å². The molecule has 0 spiro atoms. The summed E-state index contributed by atoms with van der Waals surface area (Å²) in [6, 6.07) is 60.0. The molecular weight excluding hydrogens is 685 g/mol. The van der Waals surface area contributed by atoms with Crippen molar-refractivity contribution < 1.29 is 8.83 Å². The molecular formula is C52H30N2O2. The third-order valence-electron chi connectivity index (χ3n) is 11.3. The minimum atomic E-state index is 0.875. The zero-order valence-electron chi connectivity index (χ0n) is 30.0. The summed E-state index contributed by atoms with van der Waals surface area (Å²) >= 11 is 0. The summed E-state index contributed by atoms with van der Waals surface area (Å²) < 4.78 is 12.9. The van der Waals surface area contributed by atoms with E-state index >= 15 is 0 Å². The number of furan rings is 2. The van der Waals surface area contributed by atoms with Crippen LogP contribution in [0.25, 0.3) is 121 Å². The maximum Gasteiger partial charge on any atom is 0.136 e. The SMILES string of the molecule is c1ccc2ncc(-c3ccc(-c4ccc5c(-c6ccc7c(c6)oc6ccccc67)c6ccccc6c(-c6ccc7c(c6)oc6ccccc67)c5c4)cn3)cc2c1. The molecule has 0 atom stereocenters. The van der Waals surface area contributed by atoms with Gasteiger partial charge >= 0.3 is 0 Å². The highest BCUT2D eigenvalue weighted by molar-refractivity contribution is 6.23. The van der Waals surface area contributed by atoms with Crippen molar-refractivity contribution in [3.63, 3.8) is 0 Å². The molecule has 12 aromatic rings. The van der Waals surface area contributed by atoms with E-state index in [1.54, 1.807) is 0 Å². The van der Waals surface area contributed by atoms with Gasteiger partial charge in [-0.15, -0.1) is 0 Å². The average Bonchev–Trinajstić information content (AvgIpc) is 3.83. The third kappa shape index (κ3) is 4.73. The molecule has 0 aliphatic heterocycles. The highest BCUT2D eigenvalue weighted by Gasteiger charge is 2.20. The summed E-state index contributed by atoms with van der Waals surface area (Å²) in [4.78, 5) is 9.62. The van der Waals surface area contributed by atoms with E-state index in [0.29, 0.717) is 0 Å². The molecule has 0 amide bonds. The standard InChI is InChI=1S/C52H30N2O2/c1-6-14-45-32(9-1)25-36(30-54-45)46-24-20-35(29-53-46)31-17-23-43-44(26-31)52(34-19-22-40-38-11-5-8-16-48(38)56-50(40)28-34)42-13-3-2-12-41(42)51(43)33-18-21-39-37-10-4-7-15-47(37)55-49(39)27-33/h1-30H. The average molecular weight is 715 g/mol. The van der Waals surface area contributed by atoms with Crippen LogP contribution in [0.15, 0.2) is 191 Å². The predicted octanol–water partition coefficient (Wildman–Crippen LogP) is 14.4. The van der Waals surface area contributed by atoms with Gasteiger partial charge in [-0.05, 0) is 110 Å². The van der Waals surface area contributed by atoms with Crippen molar-refractivity contribution >= 4 is 76.3 Å². The molecule has 0 aliphatic rings. The van der Waals surface area contributed by atoms with Crippen LogP contribution >= 0.6 is 0 Å². The molecule has 0 N–H and O–H groups in total. The van der Waals surface area contributed by atoms with Crippen LogP contribution in [-0.4, -0.2) is 9.97 Å². The van der Waals surface area contributed by atoms with E-state index in [0.717, 1.165) is 99.1 Å². The molecule has 0 radical (unpaired) electrons. The number of pyridine rings is 2. The van der Waals surface area contributed by atoms with E-state index in [-0.39, 0.29) is 0 Å². The molecule has 0 fully saturated rings. The fourth-order valence-electron chi connectivity index (χ4n) is 8.69. The van der Waals surface area contributed by atoms with E-state index < -0.39 is 0 Å². The molecule has 260 valence electrons. The first-order valence-corrected chi connectivity index (χ1v) is 18.9. The van der Waals surface area contributed by atoms with Crippen molar-refractivity contribution in [3.05, 3.63) is 182 Å². The number of para-hydroxylation sites is 3. The maximum absolute atomic E-state index is 6.44. The van der Waals surface area contributed by atoms with Gasteiger partial charge in [0.05, 0.1) is 11.2 Å². The summed E-state index contributed by atoms with van der Waals surface area (Å²) in [5.74, 6) is 0. The van der Waals surface area contributed by atoms with Crippen molar-refractivity contribution in [3.8, 4) is 44.6 Å². The Kier molecular flexibility index (Phi) is 6.60. The molecule has 4 heteroatoms. The van der Waals surface area contributed by atoms with Crippen LogP contribution in [0.4, 0.5) is 0 Å². The van der Waals surface area contributed by atoms with Crippen LogP contribution in [0, 0.1) is 0 Å². The van der Waals surface area contributed by atoms with Gasteiger partial charge in [0, 0.05) is 50.5 Å². The van der Waals surface area contributed by atoms with Crippen LogP contribution in [0.1, 0.15) is 0 Å². The number of fused-ring (bicyclic) bond motifs is 9. The Balaban J connectivity index is 1.09. The molecule has 0 aliphatic carbocycles. The molecule has 8 aromatic carbocycles. The van der Waals surface area contributed by atoms with Gasteiger partial charge < -0.3 is 8.83 Å². The Morgan fingerprint density at radius 2 is 0.804 bits per heavy atom. The van der Waals surface area contributed by atoms with Gasteiger partial charge in [0.1, 0.15) is 22.3 Å². The minimum absolute atomic E-state index is 0.875. The lowest BCUT2D eigenvalue weighted by atomic mass is 9.84. The second-order valence-corrected chi connectivity index (χ2v) is 14.5. The minimum Gasteiger partial charge on any atom is -0.456 e. The van der Waals surface area contributed by atoms with Gasteiger partial charge in [-0.3, -0.25) is 9.97 Å². The molecule has 0 saturated carbocycles. The summed E-state index contributed by atoms with van der Waals surface area (Å²) in [5.41, 5.74) is 13.1. The quantitative estimate of drug-likeness (QED) is 0.170. The fourth-order valence-corrected chi connectivity index (χ4v) is 8.69. The van der Waals surface area contributed by atoms with Gasteiger partial charge in [0.25, 0.3) is 0 Å². The van der Waals surface area contributed by atoms with E-state index in [1.165, 1.54) is 21.9 Å². The maximum atomic E-state index is 6.44. The summed E-state index contributed by atoms with van der Waals surface area (Å²) in [6.07, 6.45) is 3.88.